The molecule has 2 aliphatic rings. The molecule has 4 heteroatoms. The highest BCUT2D eigenvalue weighted by Crippen LogP contribution is 2.48. The van der Waals surface area contributed by atoms with Crippen LogP contribution < -0.4 is 0 Å². The van der Waals surface area contributed by atoms with E-state index in [2.05, 4.69) is 6.58 Å². The molecule has 1 saturated carbocycles. The van der Waals surface area contributed by atoms with Crippen LogP contribution in [-0.2, 0) is 4.79 Å². The van der Waals surface area contributed by atoms with Crippen molar-refractivity contribution in [1.29, 1.82) is 0 Å². The third-order valence-electron chi connectivity index (χ3n) is 4.55. The fourth-order valence-electron chi connectivity index (χ4n) is 3.61. The summed E-state index contributed by atoms with van der Waals surface area (Å²) in [6.45, 7) is 7.51. The second kappa shape index (κ2) is 4.76. The molecule has 0 aliphatic heterocycles. The Labute approximate surface area is 113 Å². The van der Waals surface area contributed by atoms with Crippen LogP contribution in [0.4, 0.5) is 0 Å². The lowest BCUT2D eigenvalue weighted by Gasteiger charge is -2.47. The predicted molar refractivity (Wildman–Crippen MR) is 71.5 cm³/mol. The van der Waals surface area contributed by atoms with Crippen molar-refractivity contribution in [1.82, 2.24) is 0 Å². The van der Waals surface area contributed by atoms with Crippen molar-refractivity contribution in [3.8, 4) is 0 Å². The van der Waals surface area contributed by atoms with Crippen LogP contribution in [0.25, 0.3) is 0 Å². The van der Waals surface area contributed by atoms with Crippen LogP contribution in [-0.4, -0.2) is 33.0 Å². The Bertz CT molecular complexity index is 430. The van der Waals surface area contributed by atoms with Gasteiger partial charge in [0.25, 0.3) is 0 Å². The van der Waals surface area contributed by atoms with E-state index in [0.717, 1.165) is 18.4 Å². The number of rotatable bonds is 2. The van der Waals surface area contributed by atoms with E-state index in [-0.39, 0.29) is 29.7 Å². The summed E-state index contributed by atoms with van der Waals surface area (Å²) in [5, 5.41) is 29.7. The predicted octanol–water partition coefficient (Wildman–Crippen LogP) is 1.73. The Kier molecular flexibility index (Phi) is 3.58. The molecule has 0 aromatic rings. The number of aliphatic hydroxyl groups excluding tert-OH is 1. The topological polar surface area (TPSA) is 77.8 Å². The van der Waals surface area contributed by atoms with Crippen molar-refractivity contribution in [2.45, 2.75) is 44.8 Å². The fourth-order valence-corrected chi connectivity index (χ4v) is 3.61. The molecule has 0 amide bonds. The average molecular weight is 266 g/mol. The van der Waals surface area contributed by atoms with E-state index in [1.165, 1.54) is 0 Å². The lowest BCUT2D eigenvalue weighted by atomic mass is 9.60. The molecule has 19 heavy (non-hydrogen) atoms. The first-order chi connectivity index (χ1) is 8.71. The van der Waals surface area contributed by atoms with E-state index >= 15 is 0 Å². The van der Waals surface area contributed by atoms with Gasteiger partial charge in [-0.3, -0.25) is 0 Å². The Hall–Kier alpha value is -1.13. The first-order valence-electron chi connectivity index (χ1n) is 6.74. The number of aliphatic hydroxyl groups is 2. The van der Waals surface area contributed by atoms with Crippen molar-refractivity contribution < 1.29 is 20.1 Å². The first-order valence-corrected chi connectivity index (χ1v) is 6.74. The SMILES string of the molecule is C=C1CC[C@H](C(C)(C)O)[C@H]2C=C(C(=O)O)C[C@@H](O)[C@H]12. The van der Waals surface area contributed by atoms with Crippen LogP contribution in [0.2, 0.25) is 0 Å². The van der Waals surface area contributed by atoms with E-state index in [0.29, 0.717) is 0 Å². The van der Waals surface area contributed by atoms with Crippen LogP contribution in [0, 0.1) is 17.8 Å². The van der Waals surface area contributed by atoms with E-state index in [4.69, 9.17) is 5.11 Å². The number of hydrogen-bond acceptors (Lipinski definition) is 3. The lowest BCUT2D eigenvalue weighted by Crippen LogP contribution is -2.47. The minimum Gasteiger partial charge on any atom is -0.478 e. The van der Waals surface area contributed by atoms with E-state index < -0.39 is 17.7 Å². The summed E-state index contributed by atoms with van der Waals surface area (Å²) >= 11 is 0. The number of fused-ring (bicyclic) bond motifs is 1. The summed E-state index contributed by atoms with van der Waals surface area (Å²) < 4.78 is 0. The summed E-state index contributed by atoms with van der Waals surface area (Å²) in [6, 6.07) is 0. The molecule has 2 aliphatic carbocycles. The molecule has 4 atom stereocenters. The van der Waals surface area contributed by atoms with Gasteiger partial charge >= 0.3 is 5.97 Å². The van der Waals surface area contributed by atoms with Crippen LogP contribution >= 0.6 is 0 Å². The highest BCUT2D eigenvalue weighted by atomic mass is 16.4. The molecule has 0 radical (unpaired) electrons. The highest BCUT2D eigenvalue weighted by molar-refractivity contribution is 5.87. The van der Waals surface area contributed by atoms with Gasteiger partial charge in [-0.25, -0.2) is 4.79 Å². The van der Waals surface area contributed by atoms with Crippen molar-refractivity contribution in [2.75, 3.05) is 0 Å². The smallest absolute Gasteiger partial charge is 0.331 e. The van der Waals surface area contributed by atoms with Crippen molar-refractivity contribution >= 4 is 5.97 Å². The number of carboxylic acids is 1. The summed E-state index contributed by atoms with van der Waals surface area (Å²) in [7, 11) is 0. The van der Waals surface area contributed by atoms with Gasteiger partial charge in [0.15, 0.2) is 0 Å². The number of carbonyl (C=O) groups is 1. The summed E-state index contributed by atoms with van der Waals surface area (Å²) in [6.07, 6.45) is 2.74. The van der Waals surface area contributed by atoms with E-state index in [1.54, 1.807) is 19.9 Å². The van der Waals surface area contributed by atoms with Gasteiger partial charge in [-0.05, 0) is 38.5 Å². The fraction of sp³-hybridized carbons (Fsp3) is 0.667. The molecule has 0 heterocycles. The van der Waals surface area contributed by atoms with Gasteiger partial charge in [0.2, 0.25) is 0 Å². The second-order valence-electron chi connectivity index (χ2n) is 6.33. The third-order valence-corrected chi connectivity index (χ3v) is 4.55. The minimum atomic E-state index is -0.983. The summed E-state index contributed by atoms with van der Waals surface area (Å²) in [5.41, 5.74) is 0.331. The Morgan fingerprint density at radius 2 is 2.11 bits per heavy atom. The third kappa shape index (κ3) is 2.60. The van der Waals surface area contributed by atoms with Gasteiger partial charge in [-0.2, -0.15) is 0 Å². The lowest BCUT2D eigenvalue weighted by molar-refractivity contribution is -0.133. The molecular weight excluding hydrogens is 244 g/mol. The van der Waals surface area contributed by atoms with Crippen LogP contribution in [0.3, 0.4) is 0 Å². The molecule has 1 fully saturated rings. The molecule has 0 aromatic heterocycles. The van der Waals surface area contributed by atoms with E-state index in [1.807, 2.05) is 0 Å². The number of allylic oxidation sites excluding steroid dienone is 1. The number of aliphatic carboxylic acids is 1. The first kappa shape index (κ1) is 14.3. The van der Waals surface area contributed by atoms with Crippen LogP contribution in [0.5, 0.6) is 0 Å². The molecule has 0 bridgehead atoms. The maximum absolute atomic E-state index is 11.1. The molecular formula is C15H22O4. The van der Waals surface area contributed by atoms with Gasteiger partial charge in [0.05, 0.1) is 11.7 Å². The van der Waals surface area contributed by atoms with Crippen molar-refractivity contribution in [2.24, 2.45) is 17.8 Å². The number of hydrogen-bond donors (Lipinski definition) is 3. The van der Waals surface area contributed by atoms with Gasteiger partial charge in [-0.1, -0.05) is 18.2 Å². The van der Waals surface area contributed by atoms with Gasteiger partial charge in [-0.15, -0.1) is 0 Å². The van der Waals surface area contributed by atoms with Crippen LogP contribution in [0.15, 0.2) is 23.8 Å². The van der Waals surface area contributed by atoms with Crippen molar-refractivity contribution in [3.05, 3.63) is 23.8 Å². The zero-order valence-corrected chi connectivity index (χ0v) is 11.5. The summed E-state index contributed by atoms with van der Waals surface area (Å²) in [5.74, 6) is -1.31. The molecule has 106 valence electrons. The average Bonchev–Trinajstić information content (AvgIpc) is 2.26. The molecule has 4 nitrogen and oxygen atoms in total. The maximum atomic E-state index is 11.1. The van der Waals surface area contributed by atoms with Crippen LogP contribution in [0.1, 0.15) is 33.1 Å². The zero-order valence-electron chi connectivity index (χ0n) is 11.5. The molecule has 2 rings (SSSR count). The maximum Gasteiger partial charge on any atom is 0.331 e. The van der Waals surface area contributed by atoms with Gasteiger partial charge in [0.1, 0.15) is 0 Å². The monoisotopic (exact) mass is 266 g/mol. The van der Waals surface area contributed by atoms with Gasteiger partial charge < -0.3 is 15.3 Å². The minimum absolute atomic E-state index is 0.0488. The zero-order chi connectivity index (χ0) is 14.4. The normalized spacial score (nSPS) is 35.6. The molecule has 0 unspecified atom stereocenters. The molecule has 0 saturated heterocycles. The number of carboxylic acid groups (broad SMARTS) is 1. The van der Waals surface area contributed by atoms with Crippen molar-refractivity contribution in [3.63, 3.8) is 0 Å². The Balaban J connectivity index is 2.41. The Morgan fingerprint density at radius 3 is 2.63 bits per heavy atom. The molecule has 0 spiro atoms. The standard InChI is InChI=1S/C15H22O4/c1-8-4-5-11(15(2,3)19)10-6-9(14(17)18)7-12(16)13(8)10/h6,10-13,16,19H,1,4-5,7H2,2-3H3,(H,17,18)/t10-,11+,12-,13-/m1/s1. The largest absolute Gasteiger partial charge is 0.478 e. The highest BCUT2D eigenvalue weighted by Gasteiger charge is 2.46. The quantitative estimate of drug-likeness (QED) is 0.665. The second-order valence-corrected chi connectivity index (χ2v) is 6.33. The summed E-state index contributed by atoms with van der Waals surface area (Å²) in [4.78, 5) is 11.1. The molecule has 3 N–H and O–H groups in total. The Morgan fingerprint density at radius 1 is 1.47 bits per heavy atom. The van der Waals surface area contributed by atoms with Gasteiger partial charge in [0, 0.05) is 17.9 Å². The molecule has 0 aromatic carbocycles. The van der Waals surface area contributed by atoms with E-state index in [9.17, 15) is 15.0 Å².